The molecule has 6 heteroatoms. The summed E-state index contributed by atoms with van der Waals surface area (Å²) in [5.41, 5.74) is 0. The van der Waals surface area contributed by atoms with E-state index in [-0.39, 0.29) is 56.9 Å². The Labute approximate surface area is 78.8 Å². The van der Waals surface area contributed by atoms with Crippen LogP contribution in [0.1, 0.15) is 4.28 Å². The Bertz CT molecular complexity index is 23.8. The van der Waals surface area contributed by atoms with Crippen LogP contribution in [0.3, 0.4) is 0 Å². The molecule has 0 heterocycles. The van der Waals surface area contributed by atoms with E-state index in [4.69, 9.17) is 15.1 Å². The predicted octanol–water partition coefficient (Wildman–Crippen LogP) is -5.09. The van der Waals surface area contributed by atoms with E-state index in [9.17, 15) is 0 Å². The van der Waals surface area contributed by atoms with Crippen molar-refractivity contribution in [3.63, 3.8) is 0 Å². The molecule has 0 aromatic rings. The molecular weight excluding hydrogens is 106 g/mol. The molecular formula is H6BMgNaO3. The molecule has 0 unspecified atom stereocenters. The molecule has 0 atom stereocenters. The normalized spacial score (nSPS) is 4.50. The third kappa shape index (κ3) is 43.3. The minimum absolute atomic E-state index is 0. The average Bonchev–Trinajstić information content (AvgIpc) is 0.811. The standard InChI is InChI=1S/BH3O3.Mg.Na.3H/c2-1(3)4;;;;;/h2-4H;;;;;/q;+2;+1;3*-1. The third-order valence-electron chi connectivity index (χ3n) is 0. The van der Waals surface area contributed by atoms with Gasteiger partial charge in [0.15, 0.2) is 0 Å². The Kier molecular flexibility index (Phi) is 25.7. The second-order valence-corrected chi connectivity index (χ2v) is 0.346. The van der Waals surface area contributed by atoms with Crippen LogP contribution in [0.5, 0.6) is 0 Å². The first kappa shape index (κ1) is 15.6. The molecule has 0 amide bonds. The molecule has 0 radical (unpaired) electrons. The van der Waals surface area contributed by atoms with E-state index < -0.39 is 7.32 Å². The summed E-state index contributed by atoms with van der Waals surface area (Å²) in [4.78, 5) is 0. The minimum Gasteiger partial charge on any atom is -1.00 e. The molecule has 0 aliphatic carbocycles. The van der Waals surface area contributed by atoms with Gasteiger partial charge in [0.25, 0.3) is 0 Å². The van der Waals surface area contributed by atoms with Crippen molar-refractivity contribution >= 4 is 30.4 Å². The van der Waals surface area contributed by atoms with E-state index in [1.165, 1.54) is 0 Å². The van der Waals surface area contributed by atoms with Gasteiger partial charge in [-0.05, 0) is 0 Å². The topological polar surface area (TPSA) is 60.7 Å². The van der Waals surface area contributed by atoms with Crippen LogP contribution in [0.25, 0.3) is 0 Å². The Morgan fingerprint density at radius 3 is 1.17 bits per heavy atom. The smallest absolute Gasteiger partial charge is 1.00 e. The van der Waals surface area contributed by atoms with Crippen molar-refractivity contribution in [2.45, 2.75) is 0 Å². The van der Waals surface area contributed by atoms with Crippen LogP contribution in [-0.4, -0.2) is 45.4 Å². The fraction of sp³-hybridized carbons (Fsp3) is 0. The quantitative estimate of drug-likeness (QED) is 0.275. The van der Waals surface area contributed by atoms with Gasteiger partial charge in [-0.3, -0.25) is 0 Å². The summed E-state index contributed by atoms with van der Waals surface area (Å²) in [6.07, 6.45) is 0. The molecule has 3 nitrogen and oxygen atoms in total. The van der Waals surface area contributed by atoms with Crippen molar-refractivity contribution in [3.05, 3.63) is 0 Å². The van der Waals surface area contributed by atoms with Crippen molar-refractivity contribution in [2.75, 3.05) is 0 Å². The molecule has 0 spiro atoms. The Morgan fingerprint density at radius 2 is 1.17 bits per heavy atom. The van der Waals surface area contributed by atoms with Crippen LogP contribution >= 0.6 is 0 Å². The van der Waals surface area contributed by atoms with E-state index in [0.29, 0.717) is 0 Å². The minimum atomic E-state index is -2.17. The summed E-state index contributed by atoms with van der Waals surface area (Å²) in [5, 5.41) is 21.5. The maximum absolute atomic E-state index is 7.17. The van der Waals surface area contributed by atoms with Gasteiger partial charge in [-0.1, -0.05) is 0 Å². The van der Waals surface area contributed by atoms with Crippen LogP contribution in [0.2, 0.25) is 0 Å². The largest absolute Gasteiger partial charge is 2.00 e. The van der Waals surface area contributed by atoms with Crippen LogP contribution in [0.15, 0.2) is 0 Å². The van der Waals surface area contributed by atoms with Crippen molar-refractivity contribution in [1.82, 2.24) is 0 Å². The monoisotopic (exact) mass is 112 g/mol. The van der Waals surface area contributed by atoms with E-state index in [1.54, 1.807) is 0 Å². The second kappa shape index (κ2) is 9.86. The van der Waals surface area contributed by atoms with E-state index in [2.05, 4.69) is 0 Å². The number of rotatable bonds is 0. The van der Waals surface area contributed by atoms with Crippen LogP contribution in [-0.2, 0) is 0 Å². The molecule has 30 valence electrons. The first-order valence-electron chi connectivity index (χ1n) is 0.775. The van der Waals surface area contributed by atoms with Gasteiger partial charge < -0.3 is 19.4 Å². The first-order chi connectivity index (χ1) is 1.73. The third-order valence-corrected chi connectivity index (χ3v) is 0. The maximum atomic E-state index is 7.17. The van der Waals surface area contributed by atoms with Crippen LogP contribution < -0.4 is 29.6 Å². The molecule has 0 aliphatic heterocycles. The molecule has 0 bridgehead atoms. The first-order valence-corrected chi connectivity index (χ1v) is 0.775. The summed E-state index contributed by atoms with van der Waals surface area (Å²) >= 11 is 0. The van der Waals surface area contributed by atoms with Gasteiger partial charge in [0, 0.05) is 0 Å². The SMILES string of the molecule is OB(O)O.[H-].[H-].[H-].[Mg+2].[Na+]. The zero-order valence-electron chi connectivity index (χ0n) is 6.63. The summed E-state index contributed by atoms with van der Waals surface area (Å²) in [6.45, 7) is 0. The summed E-state index contributed by atoms with van der Waals surface area (Å²) in [5.74, 6) is 0. The van der Waals surface area contributed by atoms with Crippen molar-refractivity contribution in [2.24, 2.45) is 0 Å². The number of hydrogen-bond donors (Lipinski definition) is 3. The van der Waals surface area contributed by atoms with Crippen LogP contribution in [0, 0.1) is 0 Å². The molecule has 0 saturated carbocycles. The second-order valence-electron chi connectivity index (χ2n) is 0.346. The van der Waals surface area contributed by atoms with Crippen LogP contribution in [0.4, 0.5) is 0 Å². The summed E-state index contributed by atoms with van der Waals surface area (Å²) in [7, 11) is -2.17. The fourth-order valence-electron chi connectivity index (χ4n) is 0. The van der Waals surface area contributed by atoms with Gasteiger partial charge in [0.2, 0.25) is 0 Å². The van der Waals surface area contributed by atoms with Crippen molar-refractivity contribution in [1.29, 1.82) is 0 Å². The average molecular weight is 112 g/mol. The maximum Gasteiger partial charge on any atom is 2.00 e. The Morgan fingerprint density at radius 1 is 1.17 bits per heavy atom. The van der Waals surface area contributed by atoms with Gasteiger partial charge in [-0.25, -0.2) is 0 Å². The number of hydrogen-bond acceptors (Lipinski definition) is 3. The zero-order chi connectivity index (χ0) is 3.58. The molecule has 0 aromatic heterocycles. The molecule has 0 saturated heterocycles. The summed E-state index contributed by atoms with van der Waals surface area (Å²) < 4.78 is 0. The molecule has 0 aliphatic rings. The van der Waals surface area contributed by atoms with Gasteiger partial charge in [0.05, 0.1) is 0 Å². The Balaban J connectivity index is -0.00000000450. The fourth-order valence-corrected chi connectivity index (χ4v) is 0. The van der Waals surface area contributed by atoms with Gasteiger partial charge >= 0.3 is 59.9 Å². The molecule has 3 N–H and O–H groups in total. The summed E-state index contributed by atoms with van der Waals surface area (Å²) in [6, 6.07) is 0. The molecule has 0 fully saturated rings. The Hall–Kier alpha value is 1.71. The predicted molar refractivity (Wildman–Crippen MR) is 21.5 cm³/mol. The van der Waals surface area contributed by atoms with Gasteiger partial charge in [-0.15, -0.1) is 0 Å². The van der Waals surface area contributed by atoms with E-state index in [0.717, 1.165) is 0 Å². The van der Waals surface area contributed by atoms with Gasteiger partial charge in [-0.2, -0.15) is 0 Å². The van der Waals surface area contributed by atoms with E-state index >= 15 is 0 Å². The van der Waals surface area contributed by atoms with Gasteiger partial charge in [0.1, 0.15) is 0 Å². The molecule has 0 aromatic carbocycles. The zero-order valence-corrected chi connectivity index (χ0v) is 7.04. The van der Waals surface area contributed by atoms with Crippen molar-refractivity contribution in [3.8, 4) is 0 Å². The molecule has 6 heavy (non-hydrogen) atoms. The van der Waals surface area contributed by atoms with E-state index in [1.807, 2.05) is 0 Å². The van der Waals surface area contributed by atoms with Crippen molar-refractivity contribution < 1.29 is 48.9 Å². The molecule has 0 rings (SSSR count).